The number of H-pyrrole nitrogens is 1. The van der Waals surface area contributed by atoms with Gasteiger partial charge in [0, 0.05) is 25.4 Å². The van der Waals surface area contributed by atoms with Gasteiger partial charge in [-0.25, -0.2) is 4.98 Å². The van der Waals surface area contributed by atoms with Crippen LogP contribution in [0.25, 0.3) is 5.57 Å². The maximum Gasteiger partial charge on any atom is 0.416 e. The van der Waals surface area contributed by atoms with E-state index >= 15 is 0 Å². The van der Waals surface area contributed by atoms with E-state index in [1.807, 2.05) is 12.4 Å². The Morgan fingerprint density at radius 3 is 2.69 bits per heavy atom. The van der Waals surface area contributed by atoms with Crippen LogP contribution in [0.2, 0.25) is 0 Å². The summed E-state index contributed by atoms with van der Waals surface area (Å²) >= 11 is 0. The van der Waals surface area contributed by atoms with E-state index in [0.29, 0.717) is 23.5 Å². The lowest BCUT2D eigenvalue weighted by Crippen LogP contribution is -2.42. The topological polar surface area (TPSA) is 99.2 Å². The number of alkyl halides is 3. The Kier molecular flexibility index (Phi) is 6.17. The minimum atomic E-state index is -4.59. The Balaban J connectivity index is 1.23. The van der Waals surface area contributed by atoms with Crippen molar-refractivity contribution in [1.82, 2.24) is 19.9 Å². The fourth-order valence-corrected chi connectivity index (χ4v) is 5.64. The number of aromatic amines is 1. The largest absolute Gasteiger partial charge is 0.416 e. The van der Waals surface area contributed by atoms with Gasteiger partial charge in [-0.05, 0) is 72.6 Å². The quantitative estimate of drug-likeness (QED) is 0.502. The van der Waals surface area contributed by atoms with E-state index in [9.17, 15) is 27.9 Å². The molecule has 1 saturated carbocycles. The van der Waals surface area contributed by atoms with Crippen LogP contribution in [0.5, 0.6) is 0 Å². The van der Waals surface area contributed by atoms with Gasteiger partial charge in [0.2, 0.25) is 0 Å². The number of nitrogens with one attached hydrogen (secondary N) is 1. The lowest BCUT2D eigenvalue weighted by molar-refractivity contribution is -0.142. The van der Waals surface area contributed by atoms with Gasteiger partial charge in [0.25, 0.3) is 11.5 Å². The van der Waals surface area contributed by atoms with Gasteiger partial charge in [-0.2, -0.15) is 13.2 Å². The molecule has 2 N–H and O–H groups in total. The third-order valence-electron chi connectivity index (χ3n) is 8.05. The van der Waals surface area contributed by atoms with Gasteiger partial charge in [0.05, 0.1) is 28.8 Å². The fraction of sp³-hybridized carbons (Fsp3) is 0.379. The zero-order chi connectivity index (χ0) is 27.4. The second-order valence-corrected chi connectivity index (χ2v) is 10.5. The molecule has 3 heterocycles. The summed E-state index contributed by atoms with van der Waals surface area (Å²) < 4.78 is 39.3. The first-order valence-electron chi connectivity index (χ1n) is 13.1. The molecule has 3 aliphatic rings. The van der Waals surface area contributed by atoms with Crippen molar-refractivity contribution < 1.29 is 23.1 Å². The van der Waals surface area contributed by atoms with Gasteiger partial charge in [0.1, 0.15) is 5.82 Å². The molecule has 202 valence electrons. The van der Waals surface area contributed by atoms with Gasteiger partial charge in [0.15, 0.2) is 6.10 Å². The first-order chi connectivity index (χ1) is 18.7. The molecule has 39 heavy (non-hydrogen) atoms. The van der Waals surface area contributed by atoms with Crippen molar-refractivity contribution in [2.24, 2.45) is 0 Å². The van der Waals surface area contributed by atoms with Crippen LogP contribution in [-0.4, -0.2) is 37.4 Å². The SMILES string of the molecule is O=C([C@H](O)c1cccc(C(F)(F)F)c1)N1CCc2nc(C3(c4cncc(C5=CCCC5)c4)CC3)[nH]c(=O)c2C1. The first-order valence-corrected chi connectivity index (χ1v) is 13.1. The third-order valence-corrected chi connectivity index (χ3v) is 8.05. The summed E-state index contributed by atoms with van der Waals surface area (Å²) in [6.07, 6.45) is 4.81. The fourth-order valence-electron chi connectivity index (χ4n) is 5.64. The number of aliphatic hydroxyl groups excluding tert-OH is 1. The van der Waals surface area contributed by atoms with Crippen LogP contribution in [0, 0.1) is 0 Å². The molecule has 0 saturated heterocycles. The molecule has 10 heteroatoms. The number of halogens is 3. The number of hydrogen-bond donors (Lipinski definition) is 2. The van der Waals surface area contributed by atoms with Crippen LogP contribution in [-0.2, 0) is 29.4 Å². The lowest BCUT2D eigenvalue weighted by Gasteiger charge is -2.30. The van der Waals surface area contributed by atoms with Crippen LogP contribution in [0.1, 0.15) is 77.5 Å². The second-order valence-electron chi connectivity index (χ2n) is 10.5. The summed E-state index contributed by atoms with van der Waals surface area (Å²) in [7, 11) is 0. The van der Waals surface area contributed by atoms with Crippen LogP contribution in [0.4, 0.5) is 13.2 Å². The third kappa shape index (κ3) is 4.67. The molecule has 2 aliphatic carbocycles. The number of allylic oxidation sites excluding steroid dienone is 2. The number of pyridine rings is 1. The highest BCUT2D eigenvalue weighted by Crippen LogP contribution is 2.52. The molecule has 6 rings (SSSR count). The number of carbonyl (C=O) groups is 1. The van der Waals surface area contributed by atoms with Crippen molar-refractivity contribution in [1.29, 1.82) is 0 Å². The molecule has 0 unspecified atom stereocenters. The number of benzene rings is 1. The van der Waals surface area contributed by atoms with Crippen molar-refractivity contribution in [3.63, 3.8) is 0 Å². The summed E-state index contributed by atoms with van der Waals surface area (Å²) in [4.78, 5) is 39.7. The van der Waals surface area contributed by atoms with Crippen LogP contribution in [0.3, 0.4) is 0 Å². The summed E-state index contributed by atoms with van der Waals surface area (Å²) in [5, 5.41) is 10.6. The molecule has 1 aromatic carbocycles. The smallest absolute Gasteiger partial charge is 0.378 e. The second kappa shape index (κ2) is 9.44. The average molecular weight is 537 g/mol. The van der Waals surface area contributed by atoms with Gasteiger partial charge in [-0.3, -0.25) is 14.6 Å². The molecule has 0 radical (unpaired) electrons. The average Bonchev–Trinajstić information content (AvgIpc) is 3.57. The Labute approximate surface area is 222 Å². The van der Waals surface area contributed by atoms with Gasteiger partial charge >= 0.3 is 6.18 Å². The number of amides is 1. The Morgan fingerprint density at radius 1 is 1.15 bits per heavy atom. The molecule has 2 aromatic heterocycles. The predicted octanol–water partition coefficient (Wildman–Crippen LogP) is 4.45. The van der Waals surface area contributed by atoms with Crippen LogP contribution >= 0.6 is 0 Å². The standard InChI is InChI=1S/C29H27F3N4O3/c30-29(31,32)20-7-3-6-18(12-20)24(37)26(39)36-11-8-23-22(16-36)25(38)35-27(34-23)28(9-10-28)21-13-19(14-33-15-21)17-4-1-2-5-17/h3-4,6-7,12-15,24,37H,1-2,5,8-11,16H2,(H,34,35,38)/t24-/m1/s1. The zero-order valence-corrected chi connectivity index (χ0v) is 21.1. The van der Waals surface area contributed by atoms with Gasteiger partial charge in [-0.1, -0.05) is 18.2 Å². The van der Waals surface area contributed by atoms with Gasteiger partial charge in [-0.15, -0.1) is 0 Å². The molecule has 1 aliphatic heterocycles. The van der Waals surface area contributed by atoms with Crippen molar-refractivity contribution in [3.8, 4) is 0 Å². The number of aromatic nitrogens is 3. The van der Waals surface area contributed by atoms with Crippen LogP contribution < -0.4 is 5.56 Å². The highest BCUT2D eigenvalue weighted by atomic mass is 19.4. The van der Waals surface area contributed by atoms with E-state index in [0.717, 1.165) is 61.4 Å². The lowest BCUT2D eigenvalue weighted by atomic mass is 9.93. The van der Waals surface area contributed by atoms with Crippen LogP contribution in [0.15, 0.2) is 53.6 Å². The summed E-state index contributed by atoms with van der Waals surface area (Å²) in [6.45, 7) is 0.112. The predicted molar refractivity (Wildman–Crippen MR) is 136 cm³/mol. The maximum absolute atomic E-state index is 13.2. The summed E-state index contributed by atoms with van der Waals surface area (Å²) in [5.74, 6) is -0.166. The zero-order valence-electron chi connectivity index (χ0n) is 21.1. The number of carbonyl (C=O) groups excluding carboxylic acids is 1. The summed E-state index contributed by atoms with van der Waals surface area (Å²) in [6, 6.07) is 6.22. The van der Waals surface area contributed by atoms with E-state index in [-0.39, 0.29) is 24.2 Å². The molecule has 1 amide bonds. The number of nitrogens with zero attached hydrogens (tertiary/aromatic N) is 3. The van der Waals surface area contributed by atoms with E-state index in [2.05, 4.69) is 22.1 Å². The van der Waals surface area contributed by atoms with Crippen molar-refractivity contribution in [2.45, 2.75) is 62.8 Å². The minimum absolute atomic E-state index is 0.0784. The molecule has 0 bridgehead atoms. The minimum Gasteiger partial charge on any atom is -0.378 e. The monoisotopic (exact) mass is 536 g/mol. The number of aliphatic hydroxyl groups is 1. The first kappa shape index (κ1) is 25.5. The molecular formula is C29H27F3N4O3. The molecule has 0 spiro atoms. The normalized spacial score (nSPS) is 18.9. The van der Waals surface area contributed by atoms with Crippen molar-refractivity contribution in [2.75, 3.05) is 6.54 Å². The molecule has 7 nitrogen and oxygen atoms in total. The molecule has 1 fully saturated rings. The number of hydrogen-bond acceptors (Lipinski definition) is 5. The number of fused-ring (bicyclic) bond motifs is 1. The maximum atomic E-state index is 13.2. The van der Waals surface area contributed by atoms with E-state index < -0.39 is 29.2 Å². The Hall–Kier alpha value is -3.79. The molecule has 3 aromatic rings. The Bertz CT molecular complexity index is 1540. The van der Waals surface area contributed by atoms with E-state index in [1.165, 1.54) is 16.5 Å². The molecule has 1 atom stereocenters. The van der Waals surface area contributed by atoms with E-state index in [4.69, 9.17) is 4.98 Å². The summed E-state index contributed by atoms with van der Waals surface area (Å²) in [5.41, 5.74) is 2.50. The highest BCUT2D eigenvalue weighted by Gasteiger charge is 2.49. The molecular weight excluding hydrogens is 509 g/mol. The van der Waals surface area contributed by atoms with Crippen molar-refractivity contribution in [3.05, 3.63) is 98.5 Å². The Morgan fingerprint density at radius 2 is 1.97 bits per heavy atom. The van der Waals surface area contributed by atoms with E-state index in [1.54, 1.807) is 0 Å². The van der Waals surface area contributed by atoms with Gasteiger partial charge < -0.3 is 15.0 Å². The number of rotatable bonds is 5. The highest BCUT2D eigenvalue weighted by molar-refractivity contribution is 5.82. The van der Waals surface area contributed by atoms with Crippen molar-refractivity contribution >= 4 is 11.5 Å².